The summed E-state index contributed by atoms with van der Waals surface area (Å²) in [7, 11) is 0. The number of aromatic carboxylic acids is 1. The van der Waals surface area contributed by atoms with Gasteiger partial charge in [-0.2, -0.15) is 0 Å². The van der Waals surface area contributed by atoms with Crippen LogP contribution in [-0.2, 0) is 0 Å². The molecule has 1 aromatic rings. The third-order valence-electron chi connectivity index (χ3n) is 2.49. The predicted octanol–water partition coefficient (Wildman–Crippen LogP) is 2.90. The lowest BCUT2D eigenvalue weighted by atomic mass is 10.1. The van der Waals surface area contributed by atoms with E-state index in [0.29, 0.717) is 11.6 Å². The number of benzene rings is 1. The van der Waals surface area contributed by atoms with Gasteiger partial charge in [-0.3, -0.25) is 0 Å². The van der Waals surface area contributed by atoms with Gasteiger partial charge >= 0.3 is 5.97 Å². The Morgan fingerprint density at radius 3 is 2.73 bits per heavy atom. The molecule has 0 heterocycles. The summed E-state index contributed by atoms with van der Waals surface area (Å²) in [6.07, 6.45) is 1.01. The standard InChI is InChI=1S/C12H17NO2/c1-4-9(3)13-10-6-5-8(2)11(7-10)12(14)15/h5-7,9,13H,4H2,1-3H3,(H,14,15). The largest absolute Gasteiger partial charge is 0.478 e. The molecule has 1 atom stereocenters. The number of hydrogen-bond acceptors (Lipinski definition) is 2. The molecule has 0 saturated heterocycles. The minimum absolute atomic E-state index is 0.356. The molecule has 15 heavy (non-hydrogen) atoms. The highest BCUT2D eigenvalue weighted by molar-refractivity contribution is 5.90. The highest BCUT2D eigenvalue weighted by Crippen LogP contribution is 2.16. The number of carbonyl (C=O) groups is 1. The number of rotatable bonds is 4. The number of aryl methyl sites for hydroxylation is 1. The van der Waals surface area contributed by atoms with Crippen LogP contribution >= 0.6 is 0 Å². The number of nitrogens with one attached hydrogen (secondary N) is 1. The van der Waals surface area contributed by atoms with Gasteiger partial charge in [0.25, 0.3) is 0 Å². The zero-order valence-electron chi connectivity index (χ0n) is 9.37. The van der Waals surface area contributed by atoms with E-state index in [-0.39, 0.29) is 0 Å². The Kier molecular flexibility index (Phi) is 3.72. The van der Waals surface area contributed by atoms with E-state index in [1.807, 2.05) is 12.1 Å². The fourth-order valence-corrected chi connectivity index (χ4v) is 1.33. The number of hydrogen-bond donors (Lipinski definition) is 2. The normalized spacial score (nSPS) is 12.2. The molecule has 0 bridgehead atoms. The minimum atomic E-state index is -0.875. The lowest BCUT2D eigenvalue weighted by molar-refractivity contribution is 0.0696. The van der Waals surface area contributed by atoms with Crippen LogP contribution in [0.25, 0.3) is 0 Å². The lowest BCUT2D eigenvalue weighted by Crippen LogP contribution is -2.14. The molecule has 0 radical (unpaired) electrons. The molecular weight excluding hydrogens is 190 g/mol. The molecule has 0 aliphatic rings. The van der Waals surface area contributed by atoms with Crippen LogP contribution in [-0.4, -0.2) is 17.1 Å². The number of anilines is 1. The van der Waals surface area contributed by atoms with Gasteiger partial charge in [0.1, 0.15) is 0 Å². The molecule has 0 amide bonds. The van der Waals surface area contributed by atoms with Crippen molar-refractivity contribution in [3.8, 4) is 0 Å². The van der Waals surface area contributed by atoms with Crippen LogP contribution in [0.2, 0.25) is 0 Å². The fourth-order valence-electron chi connectivity index (χ4n) is 1.33. The molecule has 1 aromatic carbocycles. The summed E-state index contributed by atoms with van der Waals surface area (Å²) in [5.74, 6) is -0.875. The van der Waals surface area contributed by atoms with Crippen LogP contribution in [0, 0.1) is 6.92 Å². The van der Waals surface area contributed by atoms with E-state index in [4.69, 9.17) is 5.11 Å². The van der Waals surface area contributed by atoms with Crippen molar-refractivity contribution in [1.82, 2.24) is 0 Å². The van der Waals surface area contributed by atoms with Gasteiger partial charge in [-0.1, -0.05) is 13.0 Å². The third kappa shape index (κ3) is 2.98. The summed E-state index contributed by atoms with van der Waals surface area (Å²) in [5, 5.41) is 12.2. The van der Waals surface area contributed by atoms with Gasteiger partial charge in [-0.05, 0) is 38.0 Å². The van der Waals surface area contributed by atoms with E-state index in [9.17, 15) is 4.79 Å². The van der Waals surface area contributed by atoms with E-state index in [2.05, 4.69) is 19.2 Å². The first kappa shape index (κ1) is 11.6. The second-order valence-corrected chi connectivity index (χ2v) is 3.79. The third-order valence-corrected chi connectivity index (χ3v) is 2.49. The molecule has 0 spiro atoms. The molecule has 0 aliphatic carbocycles. The minimum Gasteiger partial charge on any atom is -0.478 e. The fraction of sp³-hybridized carbons (Fsp3) is 0.417. The molecule has 82 valence electrons. The SMILES string of the molecule is CCC(C)Nc1ccc(C)c(C(=O)O)c1. The van der Waals surface area contributed by atoms with E-state index >= 15 is 0 Å². The maximum absolute atomic E-state index is 10.9. The van der Waals surface area contributed by atoms with Crippen LogP contribution in [0.4, 0.5) is 5.69 Å². The molecular formula is C12H17NO2. The first-order valence-electron chi connectivity index (χ1n) is 5.15. The molecule has 0 aliphatic heterocycles. The van der Waals surface area contributed by atoms with Gasteiger partial charge in [-0.25, -0.2) is 4.79 Å². The monoisotopic (exact) mass is 207 g/mol. The highest BCUT2D eigenvalue weighted by atomic mass is 16.4. The zero-order chi connectivity index (χ0) is 11.4. The predicted molar refractivity (Wildman–Crippen MR) is 61.5 cm³/mol. The van der Waals surface area contributed by atoms with Gasteiger partial charge in [0.05, 0.1) is 5.56 Å². The first-order valence-corrected chi connectivity index (χ1v) is 5.15. The van der Waals surface area contributed by atoms with Crippen molar-refractivity contribution >= 4 is 11.7 Å². The van der Waals surface area contributed by atoms with E-state index in [1.54, 1.807) is 13.0 Å². The lowest BCUT2D eigenvalue weighted by Gasteiger charge is -2.14. The van der Waals surface area contributed by atoms with Crippen LogP contribution in [0.5, 0.6) is 0 Å². The van der Waals surface area contributed by atoms with Gasteiger partial charge in [0, 0.05) is 11.7 Å². The van der Waals surface area contributed by atoms with Crippen molar-refractivity contribution in [3.63, 3.8) is 0 Å². The molecule has 3 nitrogen and oxygen atoms in total. The van der Waals surface area contributed by atoms with Gasteiger partial charge < -0.3 is 10.4 Å². The molecule has 3 heteroatoms. The summed E-state index contributed by atoms with van der Waals surface area (Å²) in [6.45, 7) is 5.96. The van der Waals surface area contributed by atoms with E-state index in [0.717, 1.165) is 17.7 Å². The average Bonchev–Trinajstić information content (AvgIpc) is 2.20. The van der Waals surface area contributed by atoms with Crippen molar-refractivity contribution in [2.45, 2.75) is 33.2 Å². The first-order chi connectivity index (χ1) is 7.04. The van der Waals surface area contributed by atoms with Crippen LogP contribution in [0.15, 0.2) is 18.2 Å². The smallest absolute Gasteiger partial charge is 0.336 e. The maximum Gasteiger partial charge on any atom is 0.336 e. The Morgan fingerprint density at radius 2 is 2.20 bits per heavy atom. The quantitative estimate of drug-likeness (QED) is 0.798. The maximum atomic E-state index is 10.9. The molecule has 1 rings (SSSR count). The van der Waals surface area contributed by atoms with Crippen molar-refractivity contribution in [2.24, 2.45) is 0 Å². The van der Waals surface area contributed by atoms with Gasteiger partial charge in [0.2, 0.25) is 0 Å². The van der Waals surface area contributed by atoms with Gasteiger partial charge in [-0.15, -0.1) is 0 Å². The second-order valence-electron chi connectivity index (χ2n) is 3.79. The molecule has 2 N–H and O–H groups in total. The topological polar surface area (TPSA) is 49.3 Å². The summed E-state index contributed by atoms with van der Waals surface area (Å²) < 4.78 is 0. The molecule has 1 unspecified atom stereocenters. The average molecular weight is 207 g/mol. The van der Waals surface area contributed by atoms with Crippen molar-refractivity contribution in [1.29, 1.82) is 0 Å². The summed E-state index contributed by atoms with van der Waals surface area (Å²) in [5.41, 5.74) is 2.02. The number of carboxylic acid groups (broad SMARTS) is 1. The van der Waals surface area contributed by atoms with Gasteiger partial charge in [0.15, 0.2) is 0 Å². The second kappa shape index (κ2) is 4.82. The van der Waals surface area contributed by atoms with E-state index in [1.165, 1.54) is 0 Å². The Balaban J connectivity index is 2.92. The Labute approximate surface area is 90.1 Å². The Bertz CT molecular complexity index is 361. The van der Waals surface area contributed by atoms with Crippen LogP contribution < -0.4 is 5.32 Å². The van der Waals surface area contributed by atoms with Crippen molar-refractivity contribution < 1.29 is 9.90 Å². The Hall–Kier alpha value is -1.51. The van der Waals surface area contributed by atoms with Crippen LogP contribution in [0.1, 0.15) is 36.2 Å². The van der Waals surface area contributed by atoms with Crippen molar-refractivity contribution in [3.05, 3.63) is 29.3 Å². The highest BCUT2D eigenvalue weighted by Gasteiger charge is 2.08. The molecule has 0 saturated carbocycles. The molecule has 0 aromatic heterocycles. The zero-order valence-corrected chi connectivity index (χ0v) is 9.37. The van der Waals surface area contributed by atoms with Crippen molar-refractivity contribution in [2.75, 3.05) is 5.32 Å². The summed E-state index contributed by atoms with van der Waals surface area (Å²) >= 11 is 0. The summed E-state index contributed by atoms with van der Waals surface area (Å²) in [6, 6.07) is 5.78. The summed E-state index contributed by atoms with van der Waals surface area (Å²) in [4.78, 5) is 10.9. The Morgan fingerprint density at radius 1 is 1.53 bits per heavy atom. The number of carboxylic acids is 1. The van der Waals surface area contributed by atoms with Crippen LogP contribution in [0.3, 0.4) is 0 Å². The van der Waals surface area contributed by atoms with E-state index < -0.39 is 5.97 Å². The molecule has 0 fully saturated rings.